The topological polar surface area (TPSA) is 120 Å². The molecule has 7 nitrogen and oxygen atoms in total. The van der Waals surface area contributed by atoms with E-state index in [9.17, 15) is 9.90 Å². The maximum atomic E-state index is 11.6. The number of nitrogens with zero attached hydrogens (tertiary/aromatic N) is 3. The molecule has 1 aromatic carbocycles. The van der Waals surface area contributed by atoms with Crippen molar-refractivity contribution < 1.29 is 9.90 Å². The third kappa shape index (κ3) is 2.19. The van der Waals surface area contributed by atoms with Crippen LogP contribution in [0.3, 0.4) is 0 Å². The van der Waals surface area contributed by atoms with Crippen molar-refractivity contribution in [3.63, 3.8) is 0 Å². The van der Waals surface area contributed by atoms with Gasteiger partial charge in [-0.1, -0.05) is 24.3 Å². The Morgan fingerprint density at radius 1 is 1.19 bits per heavy atom. The van der Waals surface area contributed by atoms with E-state index < -0.39 is 5.97 Å². The number of aromatic carboxylic acids is 1. The first-order chi connectivity index (χ1) is 10.1. The summed E-state index contributed by atoms with van der Waals surface area (Å²) in [5.41, 5.74) is 13.8. The van der Waals surface area contributed by atoms with Crippen LogP contribution in [0.1, 0.15) is 16.1 Å². The number of benzene rings is 1. The minimum absolute atomic E-state index is 0.0252. The summed E-state index contributed by atoms with van der Waals surface area (Å²) in [6.45, 7) is 0.435. The lowest BCUT2D eigenvalue weighted by Gasteiger charge is -2.08. The first-order valence-corrected chi connectivity index (χ1v) is 6.28. The van der Waals surface area contributed by atoms with Gasteiger partial charge in [0.2, 0.25) is 5.95 Å². The van der Waals surface area contributed by atoms with E-state index in [1.807, 2.05) is 24.3 Å². The Morgan fingerprint density at radius 2 is 1.90 bits per heavy atom. The maximum absolute atomic E-state index is 11.6. The molecule has 0 aliphatic heterocycles. The number of anilines is 1. The quantitative estimate of drug-likeness (QED) is 0.663. The molecular formula is C14H13N5O2. The first-order valence-electron chi connectivity index (χ1n) is 6.28. The van der Waals surface area contributed by atoms with Gasteiger partial charge in [-0.3, -0.25) is 0 Å². The number of carboxylic acid groups (broad SMARTS) is 1. The standard InChI is InChI=1S/C14H13N5O2/c15-7-8-1-3-9(4-2-8)10-5-6-11-17-14(16)18-19(11)12(10)13(20)21/h1-6H,7,15H2,(H2,16,18)(H,20,21). The molecule has 2 heterocycles. The van der Waals surface area contributed by atoms with Gasteiger partial charge in [-0.25, -0.2) is 9.31 Å². The number of aromatic nitrogens is 3. The molecule has 0 bridgehead atoms. The molecule has 0 aliphatic carbocycles. The van der Waals surface area contributed by atoms with E-state index in [0.717, 1.165) is 11.1 Å². The molecule has 0 amide bonds. The second-order valence-electron chi connectivity index (χ2n) is 4.54. The normalized spacial score (nSPS) is 10.9. The molecule has 0 spiro atoms. The monoisotopic (exact) mass is 283 g/mol. The van der Waals surface area contributed by atoms with Gasteiger partial charge >= 0.3 is 5.97 Å². The van der Waals surface area contributed by atoms with Crippen molar-refractivity contribution in [3.8, 4) is 11.1 Å². The summed E-state index contributed by atoms with van der Waals surface area (Å²) in [6.07, 6.45) is 0. The molecular weight excluding hydrogens is 270 g/mol. The Hall–Kier alpha value is -2.93. The lowest BCUT2D eigenvalue weighted by molar-refractivity contribution is 0.0688. The van der Waals surface area contributed by atoms with Crippen molar-refractivity contribution in [2.24, 2.45) is 5.73 Å². The van der Waals surface area contributed by atoms with Gasteiger partial charge in [0.05, 0.1) is 0 Å². The zero-order valence-corrected chi connectivity index (χ0v) is 11.0. The molecule has 2 aromatic heterocycles. The predicted octanol–water partition coefficient (Wildman–Crippen LogP) is 1.14. The van der Waals surface area contributed by atoms with E-state index in [1.54, 1.807) is 12.1 Å². The van der Waals surface area contributed by atoms with Crippen LogP contribution < -0.4 is 11.5 Å². The molecule has 106 valence electrons. The Balaban J connectivity index is 2.25. The van der Waals surface area contributed by atoms with Crippen LogP contribution in [0.25, 0.3) is 16.8 Å². The second kappa shape index (κ2) is 4.88. The number of carboxylic acids is 1. The number of rotatable bonds is 3. The molecule has 0 unspecified atom stereocenters. The number of hydrogen-bond acceptors (Lipinski definition) is 5. The number of fused-ring (bicyclic) bond motifs is 1. The summed E-state index contributed by atoms with van der Waals surface area (Å²) < 4.78 is 1.24. The number of nitrogen functional groups attached to an aromatic ring is 1. The molecule has 5 N–H and O–H groups in total. The molecule has 0 saturated carbocycles. The Morgan fingerprint density at radius 3 is 2.52 bits per heavy atom. The highest BCUT2D eigenvalue weighted by Gasteiger charge is 2.18. The summed E-state index contributed by atoms with van der Waals surface area (Å²) in [4.78, 5) is 15.6. The fourth-order valence-corrected chi connectivity index (χ4v) is 2.22. The van der Waals surface area contributed by atoms with E-state index in [0.29, 0.717) is 17.8 Å². The Labute approximate surface area is 119 Å². The maximum Gasteiger partial charge on any atom is 0.355 e. The zero-order valence-electron chi connectivity index (χ0n) is 11.0. The van der Waals surface area contributed by atoms with E-state index in [2.05, 4.69) is 10.1 Å². The van der Waals surface area contributed by atoms with Crippen molar-refractivity contribution in [1.29, 1.82) is 0 Å². The van der Waals surface area contributed by atoms with Gasteiger partial charge in [-0.2, -0.15) is 4.98 Å². The van der Waals surface area contributed by atoms with Crippen LogP contribution in [0, 0.1) is 0 Å². The average Bonchev–Trinajstić information content (AvgIpc) is 2.86. The van der Waals surface area contributed by atoms with Crippen LogP contribution in [-0.4, -0.2) is 25.7 Å². The van der Waals surface area contributed by atoms with Crippen molar-refractivity contribution in [3.05, 3.63) is 47.7 Å². The minimum atomic E-state index is -1.09. The summed E-state index contributed by atoms with van der Waals surface area (Å²) in [5.74, 6) is -1.06. The molecule has 0 fully saturated rings. The van der Waals surface area contributed by atoms with Crippen LogP contribution >= 0.6 is 0 Å². The van der Waals surface area contributed by atoms with Crippen molar-refractivity contribution in [2.45, 2.75) is 6.54 Å². The van der Waals surface area contributed by atoms with E-state index in [1.165, 1.54) is 4.52 Å². The molecule has 0 saturated heterocycles. The molecule has 21 heavy (non-hydrogen) atoms. The van der Waals surface area contributed by atoms with Gasteiger partial charge in [0.25, 0.3) is 0 Å². The Bertz CT molecular complexity index is 823. The van der Waals surface area contributed by atoms with E-state index in [4.69, 9.17) is 11.5 Å². The molecule has 0 atom stereocenters. The summed E-state index contributed by atoms with van der Waals surface area (Å²) in [7, 11) is 0. The van der Waals surface area contributed by atoms with E-state index >= 15 is 0 Å². The van der Waals surface area contributed by atoms with Crippen molar-refractivity contribution in [1.82, 2.24) is 14.6 Å². The van der Waals surface area contributed by atoms with Crippen LogP contribution in [0.15, 0.2) is 36.4 Å². The summed E-state index contributed by atoms with van der Waals surface area (Å²) in [6, 6.07) is 10.8. The molecule has 0 aliphatic rings. The van der Waals surface area contributed by atoms with Crippen LogP contribution in [-0.2, 0) is 6.54 Å². The Kier molecular flexibility index (Phi) is 3.03. The van der Waals surface area contributed by atoms with Gasteiger partial charge in [0, 0.05) is 12.1 Å². The first kappa shape index (κ1) is 13.1. The number of nitrogens with two attached hydrogens (primary N) is 2. The van der Waals surface area contributed by atoms with Crippen LogP contribution in [0.2, 0.25) is 0 Å². The number of hydrogen-bond donors (Lipinski definition) is 3. The third-order valence-corrected chi connectivity index (χ3v) is 3.22. The smallest absolute Gasteiger partial charge is 0.355 e. The highest BCUT2D eigenvalue weighted by Crippen LogP contribution is 2.25. The van der Waals surface area contributed by atoms with Crippen LogP contribution in [0.5, 0.6) is 0 Å². The lowest BCUT2D eigenvalue weighted by atomic mass is 10.0. The van der Waals surface area contributed by atoms with Gasteiger partial charge < -0.3 is 16.6 Å². The van der Waals surface area contributed by atoms with Crippen LogP contribution in [0.4, 0.5) is 5.95 Å². The summed E-state index contributed by atoms with van der Waals surface area (Å²) in [5, 5.41) is 13.4. The van der Waals surface area contributed by atoms with Gasteiger partial charge in [0.15, 0.2) is 11.3 Å². The van der Waals surface area contributed by atoms with Gasteiger partial charge in [-0.15, -0.1) is 5.10 Å². The highest BCUT2D eigenvalue weighted by molar-refractivity contribution is 5.95. The molecule has 3 rings (SSSR count). The number of carbonyl (C=O) groups is 1. The largest absolute Gasteiger partial charge is 0.476 e. The second-order valence-corrected chi connectivity index (χ2v) is 4.54. The number of pyridine rings is 1. The lowest BCUT2D eigenvalue weighted by Crippen LogP contribution is -2.09. The average molecular weight is 283 g/mol. The molecule has 3 aromatic rings. The molecule has 0 radical (unpaired) electrons. The summed E-state index contributed by atoms with van der Waals surface area (Å²) >= 11 is 0. The van der Waals surface area contributed by atoms with E-state index in [-0.39, 0.29) is 11.6 Å². The fraction of sp³-hybridized carbons (Fsp3) is 0.0714. The SMILES string of the molecule is NCc1ccc(-c2ccc3nc(N)nn3c2C(=O)O)cc1. The van der Waals surface area contributed by atoms with Gasteiger partial charge in [0.1, 0.15) is 0 Å². The molecule has 7 heteroatoms. The zero-order chi connectivity index (χ0) is 15.0. The highest BCUT2D eigenvalue weighted by atomic mass is 16.4. The fourth-order valence-electron chi connectivity index (χ4n) is 2.22. The van der Waals surface area contributed by atoms with Crippen molar-refractivity contribution >= 4 is 17.6 Å². The van der Waals surface area contributed by atoms with Gasteiger partial charge in [-0.05, 0) is 23.3 Å². The minimum Gasteiger partial charge on any atom is -0.476 e. The third-order valence-electron chi connectivity index (χ3n) is 3.22. The predicted molar refractivity (Wildman–Crippen MR) is 77.7 cm³/mol. The van der Waals surface area contributed by atoms with Crippen molar-refractivity contribution in [2.75, 3.05) is 5.73 Å².